The lowest BCUT2D eigenvalue weighted by molar-refractivity contribution is -0.118. The molecule has 2 rings (SSSR count). The summed E-state index contributed by atoms with van der Waals surface area (Å²) >= 11 is 0. The van der Waals surface area contributed by atoms with E-state index in [0.29, 0.717) is 29.5 Å². The van der Waals surface area contributed by atoms with Gasteiger partial charge in [0.25, 0.3) is 0 Å². The average Bonchev–Trinajstić information content (AvgIpc) is 2.67. The van der Waals surface area contributed by atoms with E-state index in [4.69, 9.17) is 14.2 Å². The molecule has 0 radical (unpaired) electrons. The number of carbonyl (C=O) groups is 1. The Hall–Kier alpha value is -3.20. The van der Waals surface area contributed by atoms with Crippen LogP contribution in [0.25, 0.3) is 0 Å². The molecular formula is C20H22N2O4. The number of anilines is 1. The summed E-state index contributed by atoms with van der Waals surface area (Å²) in [4.78, 5) is 12.5. The van der Waals surface area contributed by atoms with Gasteiger partial charge in [-0.25, -0.2) is 0 Å². The molecule has 26 heavy (non-hydrogen) atoms. The first-order valence-corrected chi connectivity index (χ1v) is 8.26. The highest BCUT2D eigenvalue weighted by Crippen LogP contribution is 2.29. The van der Waals surface area contributed by atoms with E-state index in [1.54, 1.807) is 44.6 Å². The molecule has 1 amide bonds. The third-order valence-corrected chi connectivity index (χ3v) is 3.80. The van der Waals surface area contributed by atoms with Gasteiger partial charge in [0.1, 0.15) is 11.7 Å². The molecule has 2 aromatic rings. The molecule has 0 bridgehead atoms. The van der Waals surface area contributed by atoms with Gasteiger partial charge in [0.05, 0.1) is 32.6 Å². The summed E-state index contributed by atoms with van der Waals surface area (Å²) < 4.78 is 16.0. The van der Waals surface area contributed by atoms with Gasteiger partial charge in [0, 0.05) is 0 Å². The summed E-state index contributed by atoms with van der Waals surface area (Å²) in [6.45, 7) is 2.36. The van der Waals surface area contributed by atoms with Crippen molar-refractivity contribution < 1.29 is 19.0 Å². The highest BCUT2D eigenvalue weighted by Gasteiger charge is 2.20. The number of nitrogens with zero attached hydrogens (tertiary/aromatic N) is 1. The van der Waals surface area contributed by atoms with Gasteiger partial charge in [-0.05, 0) is 43.2 Å². The zero-order valence-corrected chi connectivity index (χ0v) is 15.1. The van der Waals surface area contributed by atoms with Crippen molar-refractivity contribution in [2.75, 3.05) is 26.1 Å². The lowest BCUT2D eigenvalue weighted by Crippen LogP contribution is -2.23. The first kappa shape index (κ1) is 19.1. The van der Waals surface area contributed by atoms with E-state index in [1.807, 2.05) is 19.1 Å². The summed E-state index contributed by atoms with van der Waals surface area (Å²) in [5, 5.41) is 12.2. The van der Waals surface area contributed by atoms with Gasteiger partial charge >= 0.3 is 0 Å². The van der Waals surface area contributed by atoms with Gasteiger partial charge in [0.15, 0.2) is 11.5 Å². The third-order valence-electron chi connectivity index (χ3n) is 3.80. The van der Waals surface area contributed by atoms with E-state index in [0.717, 1.165) is 5.56 Å². The van der Waals surface area contributed by atoms with E-state index in [-0.39, 0.29) is 12.3 Å². The van der Waals surface area contributed by atoms with Crippen LogP contribution < -0.4 is 19.5 Å². The first-order valence-electron chi connectivity index (χ1n) is 8.26. The molecule has 0 heterocycles. The number of methoxy groups -OCH3 is 2. The minimum absolute atomic E-state index is 0.263. The van der Waals surface area contributed by atoms with Gasteiger partial charge in [0.2, 0.25) is 5.91 Å². The molecule has 0 aliphatic rings. The van der Waals surface area contributed by atoms with Crippen molar-refractivity contribution in [1.82, 2.24) is 0 Å². The van der Waals surface area contributed by atoms with Crippen LogP contribution in [0.1, 0.15) is 12.5 Å². The normalized spacial score (nSPS) is 11.2. The fraction of sp³-hybridized carbons (Fsp3) is 0.300. The van der Waals surface area contributed by atoms with E-state index in [9.17, 15) is 10.1 Å². The molecule has 6 nitrogen and oxygen atoms in total. The molecule has 0 saturated heterocycles. The molecule has 2 aromatic carbocycles. The van der Waals surface area contributed by atoms with E-state index >= 15 is 0 Å². The smallest absolute Gasteiger partial charge is 0.242 e. The second kappa shape index (κ2) is 9.33. The Kier molecular flexibility index (Phi) is 6.86. The number of nitrogens with one attached hydrogen (secondary N) is 1. The number of hydrogen-bond donors (Lipinski definition) is 1. The molecule has 1 atom stereocenters. The van der Waals surface area contributed by atoms with Crippen LogP contribution in [0.15, 0.2) is 42.5 Å². The lowest BCUT2D eigenvalue weighted by Gasteiger charge is -2.14. The van der Waals surface area contributed by atoms with E-state index in [2.05, 4.69) is 11.4 Å². The topological polar surface area (TPSA) is 80.6 Å². The monoisotopic (exact) mass is 354 g/mol. The predicted molar refractivity (Wildman–Crippen MR) is 98.6 cm³/mol. The standard InChI is InChI=1S/C20H22N2O4/c1-4-26-17-8-6-5-7-16(17)22-20(23)15(13-21)11-14-9-10-18(24-2)19(12-14)25-3/h5-10,12,15H,4,11H2,1-3H3,(H,22,23)/t15-/m0/s1. The molecule has 0 aliphatic heterocycles. The maximum Gasteiger partial charge on any atom is 0.242 e. The van der Waals surface area contributed by atoms with Crippen LogP contribution in [0, 0.1) is 17.2 Å². The number of carbonyl (C=O) groups excluding carboxylic acids is 1. The Morgan fingerprint density at radius 1 is 1.12 bits per heavy atom. The van der Waals surface area contributed by atoms with Crippen LogP contribution in [0.4, 0.5) is 5.69 Å². The van der Waals surface area contributed by atoms with Crippen LogP contribution in [0.5, 0.6) is 17.2 Å². The van der Waals surface area contributed by atoms with Crippen molar-refractivity contribution in [1.29, 1.82) is 5.26 Å². The minimum Gasteiger partial charge on any atom is -0.493 e. The van der Waals surface area contributed by atoms with Crippen molar-refractivity contribution in [2.45, 2.75) is 13.3 Å². The van der Waals surface area contributed by atoms with Gasteiger partial charge in [-0.2, -0.15) is 5.26 Å². The van der Waals surface area contributed by atoms with E-state index in [1.165, 1.54) is 0 Å². The van der Waals surface area contributed by atoms with Gasteiger partial charge in [-0.15, -0.1) is 0 Å². The number of benzene rings is 2. The zero-order valence-electron chi connectivity index (χ0n) is 15.1. The van der Waals surface area contributed by atoms with Crippen LogP contribution >= 0.6 is 0 Å². The van der Waals surface area contributed by atoms with Gasteiger partial charge in [-0.3, -0.25) is 4.79 Å². The highest BCUT2D eigenvalue weighted by molar-refractivity contribution is 5.95. The van der Waals surface area contributed by atoms with Crippen molar-refractivity contribution in [3.05, 3.63) is 48.0 Å². The van der Waals surface area contributed by atoms with Crippen LogP contribution in [-0.2, 0) is 11.2 Å². The molecule has 136 valence electrons. The minimum atomic E-state index is -0.845. The molecular weight excluding hydrogens is 332 g/mol. The second-order valence-corrected chi connectivity index (χ2v) is 5.49. The molecule has 0 spiro atoms. The fourth-order valence-corrected chi connectivity index (χ4v) is 2.51. The van der Waals surface area contributed by atoms with Crippen LogP contribution in [-0.4, -0.2) is 26.7 Å². The Balaban J connectivity index is 2.14. The Morgan fingerprint density at radius 2 is 1.85 bits per heavy atom. The molecule has 0 saturated carbocycles. The number of rotatable bonds is 8. The average molecular weight is 354 g/mol. The highest BCUT2D eigenvalue weighted by atomic mass is 16.5. The SMILES string of the molecule is CCOc1ccccc1NC(=O)[C@H](C#N)Cc1ccc(OC)c(OC)c1. The van der Waals surface area contributed by atoms with Crippen molar-refractivity contribution in [2.24, 2.45) is 5.92 Å². The molecule has 0 fully saturated rings. The number of nitriles is 1. The van der Waals surface area contributed by atoms with Crippen molar-refractivity contribution in [3.63, 3.8) is 0 Å². The Bertz CT molecular complexity index is 799. The molecule has 1 N–H and O–H groups in total. The van der Waals surface area contributed by atoms with Gasteiger partial charge < -0.3 is 19.5 Å². The fourth-order valence-electron chi connectivity index (χ4n) is 2.51. The lowest BCUT2D eigenvalue weighted by atomic mass is 9.99. The number of hydrogen-bond acceptors (Lipinski definition) is 5. The summed E-state index contributed by atoms with van der Waals surface area (Å²) in [5.41, 5.74) is 1.36. The predicted octanol–water partition coefficient (Wildman–Crippen LogP) is 3.42. The summed E-state index contributed by atoms with van der Waals surface area (Å²) in [6.07, 6.45) is 0.263. The molecule has 0 aliphatic carbocycles. The second-order valence-electron chi connectivity index (χ2n) is 5.49. The summed E-state index contributed by atoms with van der Waals surface area (Å²) in [7, 11) is 3.10. The summed E-state index contributed by atoms with van der Waals surface area (Å²) in [5.74, 6) is 0.506. The third kappa shape index (κ3) is 4.67. The number of para-hydroxylation sites is 2. The van der Waals surface area contributed by atoms with Crippen molar-refractivity contribution >= 4 is 11.6 Å². The van der Waals surface area contributed by atoms with Crippen LogP contribution in [0.3, 0.4) is 0 Å². The maximum atomic E-state index is 12.5. The molecule has 0 unspecified atom stereocenters. The maximum absolute atomic E-state index is 12.5. The van der Waals surface area contributed by atoms with Crippen LogP contribution in [0.2, 0.25) is 0 Å². The Labute approximate surface area is 153 Å². The Morgan fingerprint density at radius 3 is 2.50 bits per heavy atom. The first-order chi connectivity index (χ1) is 12.6. The van der Waals surface area contributed by atoms with E-state index < -0.39 is 5.92 Å². The van der Waals surface area contributed by atoms with Gasteiger partial charge in [-0.1, -0.05) is 18.2 Å². The quantitative estimate of drug-likeness (QED) is 0.785. The van der Waals surface area contributed by atoms with Crippen molar-refractivity contribution in [3.8, 4) is 23.3 Å². The number of ether oxygens (including phenoxy) is 3. The zero-order chi connectivity index (χ0) is 18.9. The largest absolute Gasteiger partial charge is 0.493 e. The summed E-state index contributed by atoms with van der Waals surface area (Å²) in [6, 6.07) is 14.5. The molecule has 0 aromatic heterocycles. The number of amides is 1. The molecule has 6 heteroatoms.